The molecule has 0 amide bonds. The molecule has 1 aromatic heterocycles. The van der Waals surface area contributed by atoms with E-state index in [9.17, 15) is 0 Å². The fourth-order valence-corrected chi connectivity index (χ4v) is 2.25. The second kappa shape index (κ2) is 5.43. The number of aromatic nitrogens is 2. The summed E-state index contributed by atoms with van der Waals surface area (Å²) in [7, 11) is 0. The maximum absolute atomic E-state index is 5.26. The Balaban J connectivity index is 2.16. The SMILES string of the molecule is Cc1ccc(-c2noc(CNC(C)(C)C)n2)c(Br)c1. The molecule has 0 bridgehead atoms. The Hall–Kier alpha value is -1.20. The van der Waals surface area contributed by atoms with E-state index in [1.165, 1.54) is 5.56 Å². The molecule has 4 nitrogen and oxygen atoms in total. The average Bonchev–Trinajstić information content (AvgIpc) is 2.74. The van der Waals surface area contributed by atoms with E-state index < -0.39 is 0 Å². The second-order valence-corrected chi connectivity index (χ2v) is 6.45. The van der Waals surface area contributed by atoms with Crippen molar-refractivity contribution in [2.24, 2.45) is 0 Å². The molecule has 2 aromatic rings. The molecule has 0 aliphatic carbocycles. The summed E-state index contributed by atoms with van der Waals surface area (Å²) < 4.78 is 6.23. The van der Waals surface area contributed by atoms with Gasteiger partial charge in [0.05, 0.1) is 6.54 Å². The lowest BCUT2D eigenvalue weighted by Gasteiger charge is -2.18. The summed E-state index contributed by atoms with van der Waals surface area (Å²) in [5.41, 5.74) is 2.16. The molecule has 0 aliphatic rings. The van der Waals surface area contributed by atoms with Gasteiger partial charge in [-0.3, -0.25) is 0 Å². The second-order valence-electron chi connectivity index (χ2n) is 5.60. The first kappa shape index (κ1) is 14.2. The van der Waals surface area contributed by atoms with Crippen molar-refractivity contribution in [3.8, 4) is 11.4 Å². The van der Waals surface area contributed by atoms with Crippen molar-refractivity contribution in [2.75, 3.05) is 0 Å². The standard InChI is InChI=1S/C14H18BrN3O/c1-9-5-6-10(11(15)7-9)13-17-12(19-18-13)8-16-14(2,3)4/h5-7,16H,8H2,1-4H3. The van der Waals surface area contributed by atoms with Gasteiger partial charge >= 0.3 is 0 Å². The highest BCUT2D eigenvalue weighted by Gasteiger charge is 2.14. The smallest absolute Gasteiger partial charge is 0.240 e. The van der Waals surface area contributed by atoms with Crippen LogP contribution in [-0.4, -0.2) is 15.7 Å². The first-order chi connectivity index (χ1) is 8.85. The van der Waals surface area contributed by atoms with Crippen molar-refractivity contribution in [2.45, 2.75) is 39.8 Å². The zero-order chi connectivity index (χ0) is 14.0. The molecule has 0 radical (unpaired) electrons. The fraction of sp³-hybridized carbons (Fsp3) is 0.429. The van der Waals surface area contributed by atoms with Crippen LogP contribution >= 0.6 is 15.9 Å². The average molecular weight is 324 g/mol. The van der Waals surface area contributed by atoms with Crippen LogP contribution in [0.15, 0.2) is 27.2 Å². The van der Waals surface area contributed by atoms with Gasteiger partial charge < -0.3 is 9.84 Å². The van der Waals surface area contributed by atoms with Crippen molar-refractivity contribution in [1.29, 1.82) is 0 Å². The largest absolute Gasteiger partial charge is 0.338 e. The summed E-state index contributed by atoms with van der Waals surface area (Å²) in [6.07, 6.45) is 0. The van der Waals surface area contributed by atoms with Crippen LogP contribution < -0.4 is 5.32 Å². The number of benzene rings is 1. The Bertz CT molecular complexity index is 572. The monoisotopic (exact) mass is 323 g/mol. The molecule has 0 spiro atoms. The van der Waals surface area contributed by atoms with Gasteiger partial charge in [0.1, 0.15) is 0 Å². The van der Waals surface area contributed by atoms with Crippen molar-refractivity contribution in [3.05, 3.63) is 34.1 Å². The van der Waals surface area contributed by atoms with E-state index in [1.807, 2.05) is 25.1 Å². The maximum atomic E-state index is 5.26. The predicted molar refractivity (Wildman–Crippen MR) is 78.8 cm³/mol. The van der Waals surface area contributed by atoms with E-state index in [4.69, 9.17) is 4.52 Å². The van der Waals surface area contributed by atoms with Gasteiger partial charge in [-0.05, 0) is 45.4 Å². The Morgan fingerprint density at radius 1 is 1.32 bits per heavy atom. The number of rotatable bonds is 3. The van der Waals surface area contributed by atoms with Gasteiger partial charge in [0.2, 0.25) is 11.7 Å². The Morgan fingerprint density at radius 2 is 2.05 bits per heavy atom. The van der Waals surface area contributed by atoms with E-state index in [0.29, 0.717) is 18.3 Å². The summed E-state index contributed by atoms with van der Waals surface area (Å²) in [6, 6.07) is 6.06. The lowest BCUT2D eigenvalue weighted by molar-refractivity contribution is 0.336. The molecular weight excluding hydrogens is 306 g/mol. The van der Waals surface area contributed by atoms with Crippen LogP contribution in [0.5, 0.6) is 0 Å². The van der Waals surface area contributed by atoms with Crippen molar-refractivity contribution >= 4 is 15.9 Å². The van der Waals surface area contributed by atoms with E-state index in [1.54, 1.807) is 0 Å². The molecule has 0 aliphatic heterocycles. The van der Waals surface area contributed by atoms with Gasteiger partial charge in [-0.15, -0.1) is 0 Å². The third-order valence-electron chi connectivity index (χ3n) is 2.60. The third kappa shape index (κ3) is 3.88. The molecule has 1 N–H and O–H groups in total. The van der Waals surface area contributed by atoms with Crippen LogP contribution in [0.2, 0.25) is 0 Å². The molecule has 5 heteroatoms. The minimum absolute atomic E-state index is 0.0269. The molecule has 0 saturated carbocycles. The van der Waals surface area contributed by atoms with E-state index >= 15 is 0 Å². The molecule has 19 heavy (non-hydrogen) atoms. The highest BCUT2D eigenvalue weighted by Crippen LogP contribution is 2.26. The molecule has 102 valence electrons. The summed E-state index contributed by atoms with van der Waals surface area (Å²) in [6.45, 7) is 8.91. The molecule has 0 fully saturated rings. The molecule has 0 saturated heterocycles. The zero-order valence-corrected chi connectivity index (χ0v) is 13.2. The van der Waals surface area contributed by atoms with Gasteiger partial charge in [0.25, 0.3) is 0 Å². The van der Waals surface area contributed by atoms with E-state index in [-0.39, 0.29) is 5.54 Å². The molecule has 1 aromatic carbocycles. The van der Waals surface area contributed by atoms with Crippen molar-refractivity contribution < 1.29 is 4.52 Å². The van der Waals surface area contributed by atoms with Crippen molar-refractivity contribution in [3.63, 3.8) is 0 Å². The Kier molecular flexibility index (Phi) is 4.06. The number of aryl methyl sites for hydroxylation is 1. The van der Waals surface area contributed by atoms with E-state index in [0.717, 1.165) is 10.0 Å². The zero-order valence-electron chi connectivity index (χ0n) is 11.6. The highest BCUT2D eigenvalue weighted by molar-refractivity contribution is 9.10. The van der Waals surface area contributed by atoms with Gasteiger partial charge in [-0.1, -0.05) is 27.2 Å². The topological polar surface area (TPSA) is 51.0 Å². The van der Waals surface area contributed by atoms with Gasteiger partial charge in [0, 0.05) is 15.6 Å². The molecule has 1 heterocycles. The Morgan fingerprint density at radius 3 is 2.68 bits per heavy atom. The number of hydrogen-bond acceptors (Lipinski definition) is 4. The molecule has 2 rings (SSSR count). The summed E-state index contributed by atoms with van der Waals surface area (Å²) in [5, 5.41) is 7.34. The molecule has 0 atom stereocenters. The lowest BCUT2D eigenvalue weighted by Crippen LogP contribution is -2.35. The lowest BCUT2D eigenvalue weighted by atomic mass is 10.1. The maximum Gasteiger partial charge on any atom is 0.240 e. The van der Waals surface area contributed by atoms with Crippen molar-refractivity contribution in [1.82, 2.24) is 15.5 Å². The van der Waals surface area contributed by atoms with Gasteiger partial charge in [0.15, 0.2) is 0 Å². The summed E-state index contributed by atoms with van der Waals surface area (Å²) in [4.78, 5) is 4.40. The first-order valence-electron chi connectivity index (χ1n) is 6.19. The number of nitrogens with zero attached hydrogens (tertiary/aromatic N) is 2. The van der Waals surface area contributed by atoms with Gasteiger partial charge in [-0.25, -0.2) is 0 Å². The van der Waals surface area contributed by atoms with Crippen LogP contribution in [0, 0.1) is 6.92 Å². The highest BCUT2D eigenvalue weighted by atomic mass is 79.9. The summed E-state index contributed by atoms with van der Waals surface area (Å²) >= 11 is 3.53. The number of halogens is 1. The number of hydrogen-bond donors (Lipinski definition) is 1. The predicted octanol–water partition coefficient (Wildman–Crippen LogP) is 3.70. The van der Waals surface area contributed by atoms with Crippen LogP contribution in [0.4, 0.5) is 0 Å². The quantitative estimate of drug-likeness (QED) is 0.935. The van der Waals surface area contributed by atoms with Crippen LogP contribution in [0.3, 0.4) is 0 Å². The Labute approximate surface area is 121 Å². The molecule has 0 unspecified atom stereocenters. The third-order valence-corrected chi connectivity index (χ3v) is 3.26. The first-order valence-corrected chi connectivity index (χ1v) is 6.98. The van der Waals surface area contributed by atoms with Crippen LogP contribution in [0.1, 0.15) is 32.2 Å². The van der Waals surface area contributed by atoms with Gasteiger partial charge in [-0.2, -0.15) is 4.98 Å². The minimum Gasteiger partial charge on any atom is -0.338 e. The minimum atomic E-state index is 0.0269. The van der Waals surface area contributed by atoms with Crippen LogP contribution in [-0.2, 0) is 6.54 Å². The number of nitrogens with one attached hydrogen (secondary N) is 1. The fourth-order valence-electron chi connectivity index (χ4n) is 1.58. The van der Waals surface area contributed by atoms with Crippen LogP contribution in [0.25, 0.3) is 11.4 Å². The summed E-state index contributed by atoms with van der Waals surface area (Å²) in [5.74, 6) is 1.20. The molecular formula is C14H18BrN3O. The van der Waals surface area contributed by atoms with E-state index in [2.05, 4.69) is 52.2 Å². The normalized spacial score (nSPS) is 11.8.